The van der Waals surface area contributed by atoms with Crippen molar-refractivity contribution in [2.45, 2.75) is 64.3 Å². The van der Waals surface area contributed by atoms with Gasteiger partial charge in [0.2, 0.25) is 11.8 Å². The number of nitrogens with one attached hydrogen (secondary N) is 3. The predicted octanol–water partition coefficient (Wildman–Crippen LogP) is 2.56. The average Bonchev–Trinajstić information content (AvgIpc) is 2.70. The van der Waals surface area contributed by atoms with Crippen molar-refractivity contribution in [1.29, 1.82) is 5.41 Å². The molecule has 124 valence electrons. The molecule has 1 rings (SSSR count). The number of hydrogen-bond acceptors (Lipinski definition) is 4. The van der Waals surface area contributed by atoms with Crippen LogP contribution in [0.4, 0.5) is 0 Å². The highest BCUT2D eigenvalue weighted by molar-refractivity contribution is 5.94. The number of carbonyl (C=O) groups is 2. The summed E-state index contributed by atoms with van der Waals surface area (Å²) in [6.45, 7) is 1.74. The van der Waals surface area contributed by atoms with Gasteiger partial charge in [-0.25, -0.2) is 0 Å². The van der Waals surface area contributed by atoms with Gasteiger partial charge in [-0.1, -0.05) is 18.6 Å². The molecule has 5 nitrogen and oxygen atoms in total. The average molecular weight is 307 g/mol. The van der Waals surface area contributed by atoms with E-state index < -0.39 is 0 Å². The van der Waals surface area contributed by atoms with Gasteiger partial charge < -0.3 is 10.7 Å². The zero-order chi connectivity index (χ0) is 16.4. The van der Waals surface area contributed by atoms with E-state index in [2.05, 4.69) is 16.7 Å². The zero-order valence-electron chi connectivity index (χ0n) is 13.8. The summed E-state index contributed by atoms with van der Waals surface area (Å²) < 4.78 is 0. The third-order valence-corrected chi connectivity index (χ3v) is 4.36. The van der Waals surface area contributed by atoms with Crippen molar-refractivity contribution < 1.29 is 9.59 Å². The van der Waals surface area contributed by atoms with E-state index >= 15 is 0 Å². The molecule has 0 spiro atoms. The van der Waals surface area contributed by atoms with E-state index in [9.17, 15) is 9.59 Å². The maximum atomic E-state index is 11.6. The standard InChI is InChI=1S/C17H29N3O2/c1-3-16(21)20-17(22)6-4-5-13-7-9-14(11-12-18)15(19-2)10-8-13/h8,12,14-15,18-19H,3-7,9-11H2,1-2H3,(H,20,21,22)/t14-,15?/m1/s1. The lowest BCUT2D eigenvalue weighted by molar-refractivity contribution is -0.130. The number of rotatable bonds is 8. The summed E-state index contributed by atoms with van der Waals surface area (Å²) in [6.07, 6.45) is 10.2. The molecule has 22 heavy (non-hydrogen) atoms. The summed E-state index contributed by atoms with van der Waals surface area (Å²) in [5.41, 5.74) is 1.40. The van der Waals surface area contributed by atoms with Crippen LogP contribution in [0.1, 0.15) is 58.3 Å². The molecular weight excluding hydrogens is 278 g/mol. The second-order valence-electron chi connectivity index (χ2n) is 5.91. The van der Waals surface area contributed by atoms with Crippen molar-refractivity contribution in [1.82, 2.24) is 10.6 Å². The zero-order valence-corrected chi connectivity index (χ0v) is 13.8. The number of imide groups is 1. The molecule has 1 aliphatic rings. The normalized spacial score (nSPS) is 21.6. The third-order valence-electron chi connectivity index (χ3n) is 4.36. The van der Waals surface area contributed by atoms with E-state index in [4.69, 9.17) is 5.41 Å². The monoisotopic (exact) mass is 307 g/mol. The fourth-order valence-corrected chi connectivity index (χ4v) is 2.96. The van der Waals surface area contributed by atoms with Crippen LogP contribution in [0.25, 0.3) is 0 Å². The topological polar surface area (TPSA) is 82.1 Å². The van der Waals surface area contributed by atoms with Gasteiger partial charge in [0.15, 0.2) is 0 Å². The number of allylic oxidation sites excluding steroid dienone is 1. The number of amides is 2. The molecular formula is C17H29N3O2. The van der Waals surface area contributed by atoms with Gasteiger partial charge in [-0.15, -0.1) is 0 Å². The van der Waals surface area contributed by atoms with Gasteiger partial charge in [-0.2, -0.15) is 0 Å². The van der Waals surface area contributed by atoms with Crippen LogP contribution in [0.5, 0.6) is 0 Å². The van der Waals surface area contributed by atoms with Crippen LogP contribution in [0, 0.1) is 11.3 Å². The van der Waals surface area contributed by atoms with Crippen LogP contribution in [-0.2, 0) is 9.59 Å². The minimum Gasteiger partial charge on any atom is -0.316 e. The highest BCUT2D eigenvalue weighted by atomic mass is 16.2. The molecule has 0 aromatic carbocycles. The lowest BCUT2D eigenvalue weighted by Gasteiger charge is -2.22. The molecule has 0 heterocycles. The fraction of sp³-hybridized carbons (Fsp3) is 0.706. The Kier molecular flexibility index (Phi) is 8.67. The quantitative estimate of drug-likeness (QED) is 0.476. The summed E-state index contributed by atoms with van der Waals surface area (Å²) in [5, 5.41) is 13.1. The Bertz CT molecular complexity index is 418. The summed E-state index contributed by atoms with van der Waals surface area (Å²) >= 11 is 0. The molecule has 1 aliphatic carbocycles. The van der Waals surface area contributed by atoms with Crippen molar-refractivity contribution in [3.63, 3.8) is 0 Å². The molecule has 0 radical (unpaired) electrons. The van der Waals surface area contributed by atoms with Crippen molar-refractivity contribution in [2.24, 2.45) is 5.92 Å². The first-order valence-electron chi connectivity index (χ1n) is 8.27. The van der Waals surface area contributed by atoms with Crippen molar-refractivity contribution in [3.05, 3.63) is 11.6 Å². The second-order valence-corrected chi connectivity index (χ2v) is 5.91. The lowest BCUT2D eigenvalue weighted by atomic mass is 9.91. The smallest absolute Gasteiger partial charge is 0.226 e. The highest BCUT2D eigenvalue weighted by Crippen LogP contribution is 2.27. The van der Waals surface area contributed by atoms with E-state index in [1.165, 1.54) is 11.8 Å². The largest absolute Gasteiger partial charge is 0.316 e. The Morgan fingerprint density at radius 2 is 2.18 bits per heavy atom. The predicted molar refractivity (Wildman–Crippen MR) is 89.0 cm³/mol. The number of hydrogen-bond donors (Lipinski definition) is 3. The van der Waals surface area contributed by atoms with Crippen LogP contribution >= 0.6 is 0 Å². The minimum absolute atomic E-state index is 0.171. The van der Waals surface area contributed by atoms with Crippen molar-refractivity contribution in [2.75, 3.05) is 7.05 Å². The molecule has 2 amide bonds. The van der Waals surface area contributed by atoms with Gasteiger partial charge in [0.25, 0.3) is 0 Å². The molecule has 5 heteroatoms. The fourth-order valence-electron chi connectivity index (χ4n) is 2.96. The first-order valence-corrected chi connectivity index (χ1v) is 8.27. The molecule has 2 atom stereocenters. The summed E-state index contributed by atoms with van der Waals surface area (Å²) in [5.74, 6) is 0.141. The van der Waals surface area contributed by atoms with E-state index in [1.54, 1.807) is 6.92 Å². The molecule has 0 aromatic rings. The lowest BCUT2D eigenvalue weighted by Crippen LogP contribution is -2.32. The van der Waals surface area contributed by atoms with E-state index in [1.807, 2.05) is 7.05 Å². The summed E-state index contributed by atoms with van der Waals surface area (Å²) in [7, 11) is 1.98. The SMILES string of the molecule is CCC(=O)NC(=O)CCCC1=CCC(NC)[C@@H](CC=N)CC1. The summed E-state index contributed by atoms with van der Waals surface area (Å²) in [4.78, 5) is 22.7. The first kappa shape index (κ1) is 18.6. The number of carbonyl (C=O) groups excluding carboxylic acids is 2. The molecule has 1 unspecified atom stereocenters. The Hall–Kier alpha value is -1.49. The second kappa shape index (κ2) is 10.3. The molecule has 0 aromatic heterocycles. The first-order chi connectivity index (χ1) is 10.6. The maximum Gasteiger partial charge on any atom is 0.226 e. The maximum absolute atomic E-state index is 11.6. The summed E-state index contributed by atoms with van der Waals surface area (Å²) in [6, 6.07) is 0.435. The van der Waals surface area contributed by atoms with E-state index in [0.717, 1.165) is 38.5 Å². The third kappa shape index (κ3) is 6.52. The van der Waals surface area contributed by atoms with Gasteiger partial charge in [-0.3, -0.25) is 14.9 Å². The molecule has 0 fully saturated rings. The molecule has 0 bridgehead atoms. The Balaban J connectivity index is 2.37. The molecule has 0 saturated heterocycles. The van der Waals surface area contributed by atoms with Gasteiger partial charge in [-0.05, 0) is 57.7 Å². The van der Waals surface area contributed by atoms with Gasteiger partial charge >= 0.3 is 0 Å². The molecule has 3 N–H and O–H groups in total. The molecule has 0 saturated carbocycles. The Morgan fingerprint density at radius 1 is 1.41 bits per heavy atom. The van der Waals surface area contributed by atoms with Crippen molar-refractivity contribution in [3.8, 4) is 0 Å². The van der Waals surface area contributed by atoms with E-state index in [0.29, 0.717) is 24.8 Å². The Labute approximate surface area is 133 Å². The Morgan fingerprint density at radius 3 is 2.82 bits per heavy atom. The van der Waals surface area contributed by atoms with Gasteiger partial charge in [0, 0.05) is 18.9 Å². The van der Waals surface area contributed by atoms with Crippen LogP contribution in [0.15, 0.2) is 11.6 Å². The van der Waals surface area contributed by atoms with Crippen LogP contribution in [-0.4, -0.2) is 31.1 Å². The minimum atomic E-state index is -0.204. The van der Waals surface area contributed by atoms with Crippen LogP contribution < -0.4 is 10.6 Å². The highest BCUT2D eigenvalue weighted by Gasteiger charge is 2.21. The van der Waals surface area contributed by atoms with Gasteiger partial charge in [0.05, 0.1) is 0 Å². The van der Waals surface area contributed by atoms with E-state index in [-0.39, 0.29) is 11.8 Å². The van der Waals surface area contributed by atoms with Crippen LogP contribution in [0.3, 0.4) is 0 Å². The van der Waals surface area contributed by atoms with Gasteiger partial charge in [0.1, 0.15) is 0 Å². The molecule has 0 aliphatic heterocycles. The van der Waals surface area contributed by atoms with Crippen LogP contribution in [0.2, 0.25) is 0 Å². The van der Waals surface area contributed by atoms with Crippen molar-refractivity contribution >= 4 is 18.0 Å².